The highest BCUT2D eigenvalue weighted by Gasteiger charge is 2.35. The van der Waals surface area contributed by atoms with E-state index in [1.54, 1.807) is 38.1 Å². The monoisotopic (exact) mass is 509 g/mol. The summed E-state index contributed by atoms with van der Waals surface area (Å²) in [7, 11) is -4.23. The number of halogens is 3. The van der Waals surface area contributed by atoms with E-state index in [4.69, 9.17) is 14.3 Å². The van der Waals surface area contributed by atoms with E-state index in [-0.39, 0.29) is 23.1 Å². The maximum absolute atomic E-state index is 13.4. The molecular weight excluding hydrogens is 487 g/mol. The van der Waals surface area contributed by atoms with Crippen molar-refractivity contribution in [2.24, 2.45) is 0 Å². The fraction of sp³-hybridized carbons (Fsp3) is 0.208. The first-order chi connectivity index (χ1) is 16.4. The van der Waals surface area contributed by atoms with E-state index in [1.807, 2.05) is 0 Å². The molecule has 0 atom stereocenters. The van der Waals surface area contributed by atoms with Gasteiger partial charge in [-0.15, -0.1) is 0 Å². The Bertz CT molecular complexity index is 1300. The van der Waals surface area contributed by atoms with E-state index in [2.05, 4.69) is 0 Å². The fourth-order valence-corrected chi connectivity index (χ4v) is 4.82. The van der Waals surface area contributed by atoms with Crippen LogP contribution in [0.2, 0.25) is 0 Å². The van der Waals surface area contributed by atoms with Crippen LogP contribution in [0.25, 0.3) is 6.08 Å². The molecule has 0 aliphatic rings. The van der Waals surface area contributed by atoms with Gasteiger partial charge in [-0.05, 0) is 61.4 Å². The Hall–Kier alpha value is -3.73. The van der Waals surface area contributed by atoms with Gasteiger partial charge in [-0.1, -0.05) is 24.3 Å². The van der Waals surface area contributed by atoms with Crippen LogP contribution in [0.15, 0.2) is 76.4 Å². The van der Waals surface area contributed by atoms with Crippen LogP contribution in [-0.4, -0.2) is 25.5 Å². The summed E-state index contributed by atoms with van der Waals surface area (Å²) in [5, 5.41) is 8.35. The number of rotatable bonds is 9. The van der Waals surface area contributed by atoms with Crippen molar-refractivity contribution in [3.8, 4) is 5.75 Å². The summed E-state index contributed by atoms with van der Waals surface area (Å²) in [6.07, 6.45) is -1.12. The van der Waals surface area contributed by atoms with Crippen molar-refractivity contribution < 1.29 is 40.6 Å². The van der Waals surface area contributed by atoms with Crippen LogP contribution in [0.4, 0.5) is 18.9 Å². The normalized spacial score (nSPS) is 12.3. The lowest BCUT2D eigenvalue weighted by atomic mass is 10.1. The zero-order valence-corrected chi connectivity index (χ0v) is 19.5. The lowest BCUT2D eigenvalue weighted by Gasteiger charge is -2.29. The molecule has 2 aromatic carbocycles. The summed E-state index contributed by atoms with van der Waals surface area (Å²) < 4.78 is 78.3. The number of ether oxygens (including phenoxy) is 1. The molecule has 0 amide bonds. The number of alkyl halides is 3. The smallest absolute Gasteiger partial charge is 0.416 e. The number of hydrogen-bond donors (Lipinski definition) is 1. The molecule has 0 spiro atoms. The molecule has 3 aromatic rings. The Morgan fingerprint density at radius 1 is 1.14 bits per heavy atom. The number of sulfonamides is 1. The summed E-state index contributed by atoms with van der Waals surface area (Å²) in [6.45, 7) is 2.99. The number of carbonyl (C=O) groups is 1. The molecule has 1 heterocycles. The van der Waals surface area contributed by atoms with E-state index >= 15 is 0 Å². The zero-order valence-electron chi connectivity index (χ0n) is 18.7. The molecule has 3 rings (SSSR count). The van der Waals surface area contributed by atoms with E-state index < -0.39 is 33.8 Å². The van der Waals surface area contributed by atoms with Gasteiger partial charge in [0.15, 0.2) is 0 Å². The van der Waals surface area contributed by atoms with Crippen molar-refractivity contribution in [3.05, 3.63) is 83.6 Å². The van der Waals surface area contributed by atoms with Crippen molar-refractivity contribution in [2.45, 2.75) is 37.8 Å². The van der Waals surface area contributed by atoms with Crippen LogP contribution >= 0.6 is 0 Å². The second-order valence-electron chi connectivity index (χ2n) is 7.71. The maximum atomic E-state index is 13.4. The van der Waals surface area contributed by atoms with E-state index in [1.165, 1.54) is 24.5 Å². The molecule has 35 heavy (non-hydrogen) atoms. The third kappa shape index (κ3) is 6.24. The first-order valence-corrected chi connectivity index (χ1v) is 11.8. The van der Waals surface area contributed by atoms with Gasteiger partial charge in [0, 0.05) is 12.1 Å². The van der Waals surface area contributed by atoms with Gasteiger partial charge in [0.05, 0.1) is 17.5 Å². The largest absolute Gasteiger partial charge is 0.487 e. The molecule has 0 aliphatic heterocycles. The first kappa shape index (κ1) is 25.9. The number of aliphatic carboxylic acids is 1. The van der Waals surface area contributed by atoms with Crippen LogP contribution in [0.5, 0.6) is 5.75 Å². The van der Waals surface area contributed by atoms with Gasteiger partial charge in [0.2, 0.25) is 5.09 Å². The molecule has 0 saturated carbocycles. The van der Waals surface area contributed by atoms with Gasteiger partial charge in [0.1, 0.15) is 12.4 Å². The molecule has 7 nitrogen and oxygen atoms in total. The third-order valence-electron chi connectivity index (χ3n) is 4.79. The predicted molar refractivity (Wildman–Crippen MR) is 122 cm³/mol. The molecule has 1 aromatic heterocycles. The molecule has 11 heteroatoms. The van der Waals surface area contributed by atoms with Gasteiger partial charge in [-0.2, -0.15) is 21.6 Å². The van der Waals surface area contributed by atoms with Crippen molar-refractivity contribution in [3.63, 3.8) is 0 Å². The minimum absolute atomic E-state index is 0.0783. The second-order valence-corrected chi connectivity index (χ2v) is 9.45. The molecule has 0 saturated heterocycles. The average molecular weight is 510 g/mol. The van der Waals surface area contributed by atoms with Crippen LogP contribution in [-0.2, 0) is 27.6 Å². The minimum Gasteiger partial charge on any atom is -0.487 e. The summed E-state index contributed by atoms with van der Waals surface area (Å²) in [5.41, 5.74) is 0.104. The molecule has 1 N–H and O–H groups in total. The Morgan fingerprint density at radius 2 is 1.83 bits per heavy atom. The highest BCUT2D eigenvalue weighted by Crippen LogP contribution is 2.39. The predicted octanol–water partition coefficient (Wildman–Crippen LogP) is 5.58. The van der Waals surface area contributed by atoms with Crippen molar-refractivity contribution in [1.82, 2.24) is 0 Å². The Morgan fingerprint density at radius 3 is 2.37 bits per heavy atom. The lowest BCUT2D eigenvalue weighted by Crippen LogP contribution is -2.37. The van der Waals surface area contributed by atoms with Gasteiger partial charge in [0.25, 0.3) is 10.0 Å². The topological polar surface area (TPSA) is 97.0 Å². The van der Waals surface area contributed by atoms with Crippen LogP contribution in [0.3, 0.4) is 0 Å². The Balaban J connectivity index is 1.98. The van der Waals surface area contributed by atoms with Gasteiger partial charge < -0.3 is 14.3 Å². The highest BCUT2D eigenvalue weighted by atomic mass is 32.2. The number of carboxylic acid groups (broad SMARTS) is 1. The number of hydrogen-bond acceptors (Lipinski definition) is 5. The standard InChI is InChI=1S/C24H22F3NO6S/c1-16(2)28(35(31,32)23-4-3-13-33-23)20-11-10-19(24(25,26)27)14-21(20)34-15-18-7-5-17(6-8-18)9-12-22(29)30/h3-14,16H,15H2,1-2H3,(H,29,30)/b12-9+. The van der Waals surface area contributed by atoms with Gasteiger partial charge in [-0.3, -0.25) is 4.31 Å². The summed E-state index contributed by atoms with van der Waals surface area (Å²) in [5.74, 6) is -1.38. The molecule has 0 unspecified atom stereocenters. The Kier molecular flexibility index (Phi) is 7.59. The number of furan rings is 1. The zero-order chi connectivity index (χ0) is 25.8. The number of anilines is 1. The SMILES string of the molecule is CC(C)N(c1ccc(C(F)(F)F)cc1OCc1ccc(/C=C/C(=O)O)cc1)S(=O)(=O)c1ccco1. The quantitative estimate of drug-likeness (QED) is 0.379. The maximum Gasteiger partial charge on any atom is 0.416 e. The first-order valence-electron chi connectivity index (χ1n) is 10.3. The second kappa shape index (κ2) is 10.3. The lowest BCUT2D eigenvalue weighted by molar-refractivity contribution is -0.137. The molecule has 0 radical (unpaired) electrons. The number of carboxylic acids is 1. The average Bonchev–Trinajstić information content (AvgIpc) is 3.32. The van der Waals surface area contributed by atoms with Crippen molar-refractivity contribution >= 4 is 27.8 Å². The van der Waals surface area contributed by atoms with E-state index in [0.29, 0.717) is 11.1 Å². The fourth-order valence-electron chi connectivity index (χ4n) is 3.23. The number of nitrogens with zero attached hydrogens (tertiary/aromatic N) is 1. The molecule has 0 aliphatic carbocycles. The van der Waals surface area contributed by atoms with Gasteiger partial charge in [-0.25, -0.2) is 4.79 Å². The molecule has 0 bridgehead atoms. The van der Waals surface area contributed by atoms with E-state index in [0.717, 1.165) is 28.6 Å². The van der Waals surface area contributed by atoms with Crippen LogP contribution in [0.1, 0.15) is 30.5 Å². The van der Waals surface area contributed by atoms with Crippen LogP contribution in [0, 0.1) is 0 Å². The summed E-state index contributed by atoms with van der Waals surface area (Å²) in [4.78, 5) is 10.6. The summed E-state index contributed by atoms with van der Waals surface area (Å²) >= 11 is 0. The summed E-state index contributed by atoms with van der Waals surface area (Å²) in [6, 6.07) is 11.0. The van der Waals surface area contributed by atoms with Crippen molar-refractivity contribution in [1.29, 1.82) is 0 Å². The minimum atomic E-state index is -4.67. The van der Waals surface area contributed by atoms with Crippen molar-refractivity contribution in [2.75, 3.05) is 4.31 Å². The number of benzene rings is 2. The third-order valence-corrected chi connectivity index (χ3v) is 6.67. The molecular formula is C24H22F3NO6S. The molecule has 186 valence electrons. The van der Waals surface area contributed by atoms with E-state index in [9.17, 15) is 26.4 Å². The van der Waals surface area contributed by atoms with Crippen LogP contribution < -0.4 is 9.04 Å². The van der Waals surface area contributed by atoms with Gasteiger partial charge >= 0.3 is 12.1 Å². The Labute approximate surface area is 200 Å². The molecule has 0 fully saturated rings. The highest BCUT2D eigenvalue weighted by molar-refractivity contribution is 7.92.